The molecule has 11 heteroatoms. The highest BCUT2D eigenvalue weighted by atomic mass is 32.1. The number of benzene rings is 2. The van der Waals surface area contributed by atoms with Crippen molar-refractivity contribution in [2.75, 3.05) is 19.5 Å². The summed E-state index contributed by atoms with van der Waals surface area (Å²) in [5.41, 5.74) is 3.41. The molecule has 0 bridgehead atoms. The zero-order chi connectivity index (χ0) is 26.2. The first-order chi connectivity index (χ1) is 18.5. The van der Waals surface area contributed by atoms with E-state index in [0.717, 1.165) is 10.9 Å². The van der Waals surface area contributed by atoms with Gasteiger partial charge in [-0.15, -0.1) is 5.10 Å². The van der Waals surface area contributed by atoms with E-state index in [4.69, 9.17) is 18.6 Å². The number of methoxy groups -OCH3 is 2. The molecule has 10 nitrogen and oxygen atoms in total. The Hall–Kier alpha value is -4.77. The highest BCUT2D eigenvalue weighted by Gasteiger charge is 2.17. The Labute approximate surface area is 221 Å². The van der Waals surface area contributed by atoms with Crippen LogP contribution in [0.15, 0.2) is 71.4 Å². The molecule has 4 aromatic heterocycles. The Bertz CT molecular complexity index is 1750. The topological polar surface area (TPSA) is 105 Å². The van der Waals surface area contributed by atoms with Gasteiger partial charge in [0.15, 0.2) is 5.76 Å². The molecule has 0 radical (unpaired) electrons. The molecule has 0 unspecified atom stereocenters. The van der Waals surface area contributed by atoms with Gasteiger partial charge in [-0.05, 0) is 47.2 Å². The van der Waals surface area contributed by atoms with Crippen LogP contribution in [0, 0.1) is 0 Å². The Morgan fingerprint density at radius 1 is 1.11 bits per heavy atom. The molecule has 1 amide bonds. The van der Waals surface area contributed by atoms with E-state index in [0.29, 0.717) is 50.1 Å². The van der Waals surface area contributed by atoms with Crippen molar-refractivity contribution in [3.8, 4) is 28.1 Å². The standard InChI is InChI=1S/C27H23N5O5S/c1-31-9-5-8-21(31)25(33)28-17-7-4-6-16(10-17)15-36-22-11-18(34-2)12-23-19(22)13-24(37-23)20-14-32-26(29-20)38-27(30-32)35-3/h4-14H,15H2,1-3H3,(H,28,33). The van der Waals surface area contributed by atoms with Gasteiger partial charge in [-0.2, -0.15) is 0 Å². The first-order valence-corrected chi connectivity index (χ1v) is 12.5. The van der Waals surface area contributed by atoms with E-state index in [2.05, 4.69) is 15.4 Å². The number of fused-ring (bicyclic) bond motifs is 2. The molecule has 4 heterocycles. The summed E-state index contributed by atoms with van der Waals surface area (Å²) < 4.78 is 26.4. The quantitative estimate of drug-likeness (QED) is 0.282. The smallest absolute Gasteiger partial charge is 0.294 e. The number of imidazole rings is 1. The number of rotatable bonds is 8. The third kappa shape index (κ3) is 4.43. The third-order valence-electron chi connectivity index (χ3n) is 6.02. The lowest BCUT2D eigenvalue weighted by Gasteiger charge is -2.11. The number of furan rings is 1. The van der Waals surface area contributed by atoms with Crippen LogP contribution in [0.5, 0.6) is 16.7 Å². The molecule has 0 fully saturated rings. The number of hydrogen-bond donors (Lipinski definition) is 1. The van der Waals surface area contributed by atoms with Crippen molar-refractivity contribution in [2.24, 2.45) is 7.05 Å². The van der Waals surface area contributed by atoms with Crippen LogP contribution in [0.4, 0.5) is 5.69 Å². The lowest BCUT2D eigenvalue weighted by molar-refractivity contribution is 0.101. The van der Waals surface area contributed by atoms with E-state index in [-0.39, 0.29) is 12.5 Å². The summed E-state index contributed by atoms with van der Waals surface area (Å²) in [6.45, 7) is 0.278. The summed E-state index contributed by atoms with van der Waals surface area (Å²) in [6, 6.07) is 16.7. The number of nitrogens with one attached hydrogen (secondary N) is 1. The Morgan fingerprint density at radius 3 is 2.76 bits per heavy atom. The number of hydrogen-bond acceptors (Lipinski definition) is 8. The third-order valence-corrected chi connectivity index (χ3v) is 6.90. The fraction of sp³-hybridized carbons (Fsp3) is 0.148. The van der Waals surface area contributed by atoms with E-state index < -0.39 is 0 Å². The molecule has 2 aromatic carbocycles. The molecule has 0 spiro atoms. The lowest BCUT2D eigenvalue weighted by atomic mass is 10.2. The number of anilines is 1. The molecule has 0 aliphatic heterocycles. The second kappa shape index (κ2) is 9.60. The van der Waals surface area contributed by atoms with E-state index in [1.165, 1.54) is 11.3 Å². The van der Waals surface area contributed by atoms with E-state index in [9.17, 15) is 4.79 Å². The molecule has 0 atom stereocenters. The second-order valence-corrected chi connectivity index (χ2v) is 9.44. The molecular weight excluding hydrogens is 506 g/mol. The van der Waals surface area contributed by atoms with E-state index in [1.54, 1.807) is 35.6 Å². The molecule has 0 aliphatic carbocycles. The van der Waals surface area contributed by atoms with Gasteiger partial charge < -0.3 is 28.5 Å². The van der Waals surface area contributed by atoms with Crippen molar-refractivity contribution in [1.29, 1.82) is 0 Å². The van der Waals surface area contributed by atoms with Gasteiger partial charge in [0.1, 0.15) is 35.1 Å². The Balaban J connectivity index is 1.24. The second-order valence-electron chi connectivity index (χ2n) is 8.52. The summed E-state index contributed by atoms with van der Waals surface area (Å²) in [6.07, 6.45) is 3.62. The Kier molecular flexibility index (Phi) is 5.97. The molecule has 6 aromatic rings. The van der Waals surface area contributed by atoms with Crippen molar-refractivity contribution in [3.63, 3.8) is 0 Å². The summed E-state index contributed by atoms with van der Waals surface area (Å²) >= 11 is 1.34. The van der Waals surface area contributed by atoms with E-state index in [1.807, 2.05) is 61.8 Å². The molecule has 0 saturated heterocycles. The first-order valence-electron chi connectivity index (χ1n) is 11.7. The van der Waals surface area contributed by atoms with Gasteiger partial charge in [0.2, 0.25) is 4.96 Å². The Morgan fingerprint density at radius 2 is 2.00 bits per heavy atom. The van der Waals surface area contributed by atoms with Crippen molar-refractivity contribution in [3.05, 3.63) is 78.2 Å². The minimum atomic E-state index is -0.177. The number of carbonyl (C=O) groups is 1. The van der Waals surface area contributed by atoms with Gasteiger partial charge >= 0.3 is 0 Å². The fourth-order valence-corrected chi connectivity index (χ4v) is 4.82. The van der Waals surface area contributed by atoms with Gasteiger partial charge in [-0.1, -0.05) is 12.1 Å². The highest BCUT2D eigenvalue weighted by Crippen LogP contribution is 2.37. The van der Waals surface area contributed by atoms with Gasteiger partial charge in [0.25, 0.3) is 11.1 Å². The van der Waals surface area contributed by atoms with Crippen LogP contribution in [-0.4, -0.2) is 39.3 Å². The van der Waals surface area contributed by atoms with Crippen molar-refractivity contribution >= 4 is 38.9 Å². The number of carbonyl (C=O) groups excluding carboxylic acids is 1. The minimum Gasteiger partial charge on any atom is -0.496 e. The monoisotopic (exact) mass is 529 g/mol. The first kappa shape index (κ1) is 23.6. The average Bonchev–Trinajstić information content (AvgIpc) is 3.69. The van der Waals surface area contributed by atoms with Crippen LogP contribution in [0.2, 0.25) is 0 Å². The van der Waals surface area contributed by atoms with Gasteiger partial charge in [-0.25, -0.2) is 9.50 Å². The van der Waals surface area contributed by atoms with Crippen LogP contribution in [0.25, 0.3) is 27.4 Å². The molecule has 0 saturated carbocycles. The summed E-state index contributed by atoms with van der Waals surface area (Å²) in [5.74, 6) is 1.62. The molecule has 38 heavy (non-hydrogen) atoms. The van der Waals surface area contributed by atoms with Gasteiger partial charge in [-0.3, -0.25) is 4.79 Å². The maximum Gasteiger partial charge on any atom is 0.294 e. The number of nitrogens with zero attached hydrogens (tertiary/aromatic N) is 4. The molecule has 1 N–H and O–H groups in total. The molecule has 192 valence electrons. The van der Waals surface area contributed by atoms with Crippen LogP contribution in [-0.2, 0) is 13.7 Å². The van der Waals surface area contributed by atoms with Crippen LogP contribution in [0.3, 0.4) is 0 Å². The SMILES string of the molecule is COc1cc(OCc2cccc(NC(=O)c3cccn3C)c2)c2cc(-c3cn4nc(OC)sc4n3)oc2c1. The summed E-state index contributed by atoms with van der Waals surface area (Å²) in [4.78, 5) is 17.9. The minimum absolute atomic E-state index is 0.177. The zero-order valence-corrected chi connectivity index (χ0v) is 21.6. The molecule has 6 rings (SSSR count). The number of ether oxygens (including phenoxy) is 3. The van der Waals surface area contributed by atoms with Crippen molar-refractivity contribution in [2.45, 2.75) is 6.61 Å². The van der Waals surface area contributed by atoms with Gasteiger partial charge in [0.05, 0.1) is 25.8 Å². The maximum atomic E-state index is 12.6. The van der Waals surface area contributed by atoms with Crippen molar-refractivity contribution in [1.82, 2.24) is 19.2 Å². The summed E-state index contributed by atoms with van der Waals surface area (Å²) in [7, 11) is 5.00. The zero-order valence-electron chi connectivity index (χ0n) is 20.8. The number of aromatic nitrogens is 4. The summed E-state index contributed by atoms with van der Waals surface area (Å²) in [5, 5.41) is 8.58. The van der Waals surface area contributed by atoms with Crippen LogP contribution in [0.1, 0.15) is 16.1 Å². The molecule has 0 aliphatic rings. The van der Waals surface area contributed by atoms with Crippen molar-refractivity contribution < 1.29 is 23.4 Å². The van der Waals surface area contributed by atoms with Crippen LogP contribution < -0.4 is 19.5 Å². The fourth-order valence-electron chi connectivity index (χ4n) is 4.12. The number of aryl methyl sites for hydroxylation is 1. The average molecular weight is 530 g/mol. The molecular formula is C27H23N5O5S. The maximum absolute atomic E-state index is 12.6. The lowest BCUT2D eigenvalue weighted by Crippen LogP contribution is -2.15. The van der Waals surface area contributed by atoms with Gasteiger partial charge in [0, 0.05) is 31.1 Å². The highest BCUT2D eigenvalue weighted by molar-refractivity contribution is 7.18. The van der Waals surface area contributed by atoms with Crippen LogP contribution >= 0.6 is 11.3 Å². The van der Waals surface area contributed by atoms with E-state index >= 15 is 0 Å². The normalized spacial score (nSPS) is 11.2. The predicted octanol–water partition coefficient (Wildman–Crippen LogP) is 5.39. The largest absolute Gasteiger partial charge is 0.496 e. The number of amides is 1. The predicted molar refractivity (Wildman–Crippen MR) is 143 cm³/mol.